The molecule has 0 rings (SSSR count). The van der Waals surface area contributed by atoms with E-state index in [4.69, 9.17) is 25.5 Å². The van der Waals surface area contributed by atoms with Gasteiger partial charge in [0.1, 0.15) is 24.4 Å². The van der Waals surface area contributed by atoms with Gasteiger partial charge in [-0.2, -0.15) is 0 Å². The highest BCUT2D eigenvalue weighted by molar-refractivity contribution is 6.55. The molecule has 0 fully saturated rings. The number of carbonyl (C=O) groups excluding carboxylic acids is 1. The van der Waals surface area contributed by atoms with E-state index in [1.807, 2.05) is 0 Å². The summed E-state index contributed by atoms with van der Waals surface area (Å²) in [7, 11) is 4.53. The molecule has 0 aliphatic rings. The standard InChI is InChI=1S/C7H13BO8/c8-7(15)16-6(14)5(13)4(12)3(11)2(10)1-9/h2-6,9-14H,1H2/t2-,3-,4+,5+,6?/m1/s1. The van der Waals surface area contributed by atoms with E-state index < -0.39 is 43.2 Å². The summed E-state index contributed by atoms with van der Waals surface area (Å²) in [5, 5.41) is 53.9. The zero-order valence-electron chi connectivity index (χ0n) is 8.17. The highest BCUT2D eigenvalue weighted by atomic mass is 16.6. The Morgan fingerprint density at radius 1 is 1.06 bits per heavy atom. The SMILES string of the molecule is [B]C(=O)OC(O)[C@@H](O)[C@@H](O)[C@H](O)[C@H](O)CO. The maximum absolute atomic E-state index is 10.2. The molecule has 2 radical (unpaired) electrons. The highest BCUT2D eigenvalue weighted by Crippen LogP contribution is 2.09. The summed E-state index contributed by atoms with van der Waals surface area (Å²) in [6.45, 7) is -0.863. The Hall–Kier alpha value is -0.705. The third kappa shape index (κ3) is 4.43. The van der Waals surface area contributed by atoms with Crippen LogP contribution < -0.4 is 0 Å². The van der Waals surface area contributed by atoms with Gasteiger partial charge in [0.25, 0.3) is 0 Å². The minimum atomic E-state index is -2.16. The first-order chi connectivity index (χ1) is 7.31. The van der Waals surface area contributed by atoms with Crippen LogP contribution in [-0.2, 0) is 4.74 Å². The van der Waals surface area contributed by atoms with E-state index in [9.17, 15) is 9.90 Å². The van der Waals surface area contributed by atoms with Gasteiger partial charge in [0.15, 0.2) is 0 Å². The lowest BCUT2D eigenvalue weighted by Crippen LogP contribution is -2.50. The average molecular weight is 236 g/mol. The van der Waals surface area contributed by atoms with E-state index in [1.54, 1.807) is 0 Å². The summed E-state index contributed by atoms with van der Waals surface area (Å²) in [5.74, 6) is -1.39. The quantitative estimate of drug-likeness (QED) is 0.202. The normalized spacial score (nSPS) is 20.6. The van der Waals surface area contributed by atoms with Crippen molar-refractivity contribution < 1.29 is 40.2 Å². The highest BCUT2D eigenvalue weighted by Gasteiger charge is 2.35. The molecule has 5 atom stereocenters. The number of ether oxygens (including phenoxy) is 1. The molecule has 0 spiro atoms. The molecule has 0 heterocycles. The summed E-state index contributed by atoms with van der Waals surface area (Å²) >= 11 is 0. The van der Waals surface area contributed by atoms with Gasteiger partial charge in [-0.1, -0.05) is 0 Å². The van der Waals surface area contributed by atoms with E-state index in [0.717, 1.165) is 0 Å². The average Bonchev–Trinajstić information content (AvgIpc) is 2.23. The largest absolute Gasteiger partial charge is 0.442 e. The van der Waals surface area contributed by atoms with Crippen molar-refractivity contribution in [2.24, 2.45) is 0 Å². The Labute approximate surface area is 92.1 Å². The van der Waals surface area contributed by atoms with Gasteiger partial charge < -0.3 is 35.4 Å². The zero-order chi connectivity index (χ0) is 12.9. The van der Waals surface area contributed by atoms with Gasteiger partial charge in [-0.25, -0.2) is 0 Å². The molecule has 0 aliphatic heterocycles. The molecule has 0 aliphatic carbocycles. The van der Waals surface area contributed by atoms with Gasteiger partial charge in [0.05, 0.1) is 6.61 Å². The molecule has 1 unspecified atom stereocenters. The monoisotopic (exact) mass is 236 g/mol. The molecule has 0 amide bonds. The maximum atomic E-state index is 10.2. The molecule has 0 saturated carbocycles. The lowest BCUT2D eigenvalue weighted by Gasteiger charge is -2.27. The van der Waals surface area contributed by atoms with Crippen LogP contribution in [0.25, 0.3) is 0 Å². The number of hydrogen-bond donors (Lipinski definition) is 6. The second-order valence-electron chi connectivity index (χ2n) is 3.05. The van der Waals surface area contributed by atoms with Crippen LogP contribution in [0.1, 0.15) is 0 Å². The molecule has 0 bridgehead atoms. The van der Waals surface area contributed by atoms with Crippen LogP contribution in [-0.4, -0.2) is 81.7 Å². The van der Waals surface area contributed by atoms with Crippen molar-refractivity contribution >= 4 is 13.7 Å². The fourth-order valence-electron chi connectivity index (χ4n) is 0.895. The molecule has 92 valence electrons. The van der Waals surface area contributed by atoms with Crippen LogP contribution in [0.3, 0.4) is 0 Å². The van der Waals surface area contributed by atoms with Crippen LogP contribution in [0, 0.1) is 0 Å². The molecular formula is C7H13BO8. The molecule has 6 N–H and O–H groups in total. The van der Waals surface area contributed by atoms with Crippen LogP contribution in [0.2, 0.25) is 0 Å². The van der Waals surface area contributed by atoms with Gasteiger partial charge in [-0.15, -0.1) is 0 Å². The van der Waals surface area contributed by atoms with E-state index in [-0.39, 0.29) is 0 Å². The number of aliphatic hydroxyl groups excluding tert-OH is 6. The van der Waals surface area contributed by atoms with Gasteiger partial charge in [0.2, 0.25) is 20.0 Å². The molecule has 0 aromatic rings. The Morgan fingerprint density at radius 3 is 1.94 bits per heavy atom. The van der Waals surface area contributed by atoms with E-state index in [1.165, 1.54) is 0 Å². The number of carbonyl (C=O) groups is 1. The summed E-state index contributed by atoms with van der Waals surface area (Å²) in [6, 6.07) is 0. The first kappa shape index (κ1) is 15.3. The van der Waals surface area contributed by atoms with Gasteiger partial charge >= 0.3 is 0 Å². The predicted octanol–water partition coefficient (Wildman–Crippen LogP) is -3.95. The van der Waals surface area contributed by atoms with Crippen molar-refractivity contribution in [1.29, 1.82) is 0 Å². The smallest absolute Gasteiger partial charge is 0.238 e. The van der Waals surface area contributed by atoms with Crippen molar-refractivity contribution in [1.82, 2.24) is 0 Å². The van der Waals surface area contributed by atoms with Gasteiger partial charge in [-0.05, 0) is 0 Å². The van der Waals surface area contributed by atoms with Crippen molar-refractivity contribution in [2.45, 2.75) is 30.7 Å². The van der Waals surface area contributed by atoms with E-state index in [2.05, 4.69) is 12.6 Å². The third-order valence-electron chi connectivity index (χ3n) is 1.81. The zero-order valence-corrected chi connectivity index (χ0v) is 8.17. The van der Waals surface area contributed by atoms with Crippen LogP contribution >= 0.6 is 0 Å². The second-order valence-corrected chi connectivity index (χ2v) is 3.05. The predicted molar refractivity (Wildman–Crippen MR) is 49.4 cm³/mol. The fraction of sp³-hybridized carbons (Fsp3) is 0.857. The van der Waals surface area contributed by atoms with Crippen molar-refractivity contribution in [3.63, 3.8) is 0 Å². The molecule has 8 nitrogen and oxygen atoms in total. The lowest BCUT2D eigenvalue weighted by molar-refractivity contribution is -0.188. The number of aliphatic hydroxyl groups is 6. The lowest BCUT2D eigenvalue weighted by atomic mass is 10.0. The van der Waals surface area contributed by atoms with Gasteiger partial charge in [-0.3, -0.25) is 4.79 Å². The molecule has 0 aromatic carbocycles. The number of hydrogen-bond acceptors (Lipinski definition) is 8. The minimum absolute atomic E-state index is 0.863. The summed E-state index contributed by atoms with van der Waals surface area (Å²) in [6.07, 6.45) is -9.91. The Bertz CT molecular complexity index is 224. The van der Waals surface area contributed by atoms with E-state index >= 15 is 0 Å². The minimum Gasteiger partial charge on any atom is -0.442 e. The second kappa shape index (κ2) is 6.79. The molecule has 9 heteroatoms. The molecular weight excluding hydrogens is 223 g/mol. The van der Waals surface area contributed by atoms with E-state index in [0.29, 0.717) is 0 Å². The van der Waals surface area contributed by atoms with Crippen molar-refractivity contribution in [3.8, 4) is 0 Å². The first-order valence-electron chi connectivity index (χ1n) is 4.28. The van der Waals surface area contributed by atoms with Crippen LogP contribution in [0.15, 0.2) is 0 Å². The topological polar surface area (TPSA) is 148 Å². The number of rotatable bonds is 6. The summed E-state index contributed by atoms with van der Waals surface area (Å²) < 4.78 is 3.93. The molecule has 0 saturated heterocycles. The summed E-state index contributed by atoms with van der Waals surface area (Å²) in [4.78, 5) is 10.2. The molecule has 0 aromatic heterocycles. The third-order valence-corrected chi connectivity index (χ3v) is 1.81. The van der Waals surface area contributed by atoms with Crippen LogP contribution in [0.5, 0.6) is 0 Å². The Morgan fingerprint density at radius 2 is 1.56 bits per heavy atom. The fourth-order valence-corrected chi connectivity index (χ4v) is 0.895. The summed E-state index contributed by atoms with van der Waals surface area (Å²) in [5.41, 5.74) is 0. The first-order valence-corrected chi connectivity index (χ1v) is 4.28. The molecule has 16 heavy (non-hydrogen) atoms. The Balaban J connectivity index is 4.35. The Kier molecular flexibility index (Phi) is 6.49. The van der Waals surface area contributed by atoms with Crippen LogP contribution in [0.4, 0.5) is 4.79 Å². The maximum Gasteiger partial charge on any atom is 0.238 e. The van der Waals surface area contributed by atoms with Gasteiger partial charge in [0, 0.05) is 0 Å². The van der Waals surface area contributed by atoms with Crippen molar-refractivity contribution in [3.05, 3.63) is 0 Å². The van der Waals surface area contributed by atoms with Crippen molar-refractivity contribution in [2.75, 3.05) is 6.61 Å².